The lowest BCUT2D eigenvalue weighted by Crippen LogP contribution is -2.42. The van der Waals surface area contributed by atoms with Crippen molar-refractivity contribution < 1.29 is 18.3 Å². The molecule has 0 bridgehead atoms. The molecule has 0 radical (unpaired) electrons. The van der Waals surface area contributed by atoms with Crippen LogP contribution in [0.2, 0.25) is 0 Å². The number of likely N-dealkylation sites (tertiary alicyclic amines) is 1. The number of carboxylic acid groups (broad SMARTS) is 1. The average Bonchev–Trinajstić information content (AvgIpc) is 3.03. The highest BCUT2D eigenvalue weighted by atomic mass is 32.2. The van der Waals surface area contributed by atoms with E-state index in [1.54, 1.807) is 24.3 Å². The summed E-state index contributed by atoms with van der Waals surface area (Å²) in [5.74, 6) is -1.12. The van der Waals surface area contributed by atoms with Crippen LogP contribution in [0, 0.1) is 18.3 Å². The van der Waals surface area contributed by atoms with Crippen molar-refractivity contribution in [1.82, 2.24) is 9.21 Å². The van der Waals surface area contributed by atoms with Crippen molar-refractivity contribution in [2.75, 3.05) is 32.7 Å². The number of benzene rings is 1. The monoisotopic (exact) mass is 350 g/mol. The van der Waals surface area contributed by atoms with E-state index in [4.69, 9.17) is 0 Å². The van der Waals surface area contributed by atoms with Gasteiger partial charge >= 0.3 is 5.97 Å². The van der Waals surface area contributed by atoms with Crippen molar-refractivity contribution in [1.29, 1.82) is 0 Å². The SMILES string of the molecule is C=CCN1C[C@@H]2CN(S(=O)(=O)c3cccc(C)c3)C[C@]2(C(=O)O)C1. The molecular weight excluding hydrogens is 328 g/mol. The summed E-state index contributed by atoms with van der Waals surface area (Å²) in [7, 11) is -3.67. The van der Waals surface area contributed by atoms with Crippen molar-refractivity contribution in [2.24, 2.45) is 11.3 Å². The third-order valence-electron chi connectivity index (χ3n) is 5.09. The fourth-order valence-corrected chi connectivity index (χ4v) is 5.52. The second kappa shape index (κ2) is 5.98. The Bertz CT molecular complexity index is 777. The summed E-state index contributed by atoms with van der Waals surface area (Å²) >= 11 is 0. The predicted molar refractivity (Wildman–Crippen MR) is 90.1 cm³/mol. The molecular formula is C17H22N2O4S. The second-order valence-electron chi connectivity index (χ2n) is 6.76. The molecule has 1 aromatic rings. The molecule has 2 atom stereocenters. The largest absolute Gasteiger partial charge is 0.481 e. The van der Waals surface area contributed by atoms with Gasteiger partial charge in [0, 0.05) is 38.6 Å². The van der Waals surface area contributed by atoms with Gasteiger partial charge in [-0.3, -0.25) is 9.69 Å². The summed E-state index contributed by atoms with van der Waals surface area (Å²) in [5, 5.41) is 9.78. The van der Waals surface area contributed by atoms with Crippen LogP contribution in [-0.2, 0) is 14.8 Å². The highest BCUT2D eigenvalue weighted by Crippen LogP contribution is 2.44. The van der Waals surface area contributed by atoms with Crippen molar-refractivity contribution >= 4 is 16.0 Å². The summed E-state index contributed by atoms with van der Waals surface area (Å²) in [6.07, 6.45) is 1.75. The molecule has 2 fully saturated rings. The molecule has 0 aliphatic carbocycles. The number of fused-ring (bicyclic) bond motifs is 1. The number of rotatable bonds is 5. The standard InChI is InChI=1S/C17H22N2O4S/c1-3-7-18-9-14-10-19(12-17(14,11-18)16(20)21)24(22,23)15-6-4-5-13(2)8-15/h3-6,8,14H,1,7,9-12H2,2H3,(H,20,21)/t14-,17-/m1/s1. The summed E-state index contributed by atoms with van der Waals surface area (Å²) in [4.78, 5) is 14.2. The molecule has 6 nitrogen and oxygen atoms in total. The van der Waals surface area contributed by atoms with E-state index in [2.05, 4.69) is 6.58 Å². The van der Waals surface area contributed by atoms with E-state index in [-0.39, 0.29) is 23.9 Å². The summed E-state index contributed by atoms with van der Waals surface area (Å²) in [6, 6.07) is 6.73. The van der Waals surface area contributed by atoms with Gasteiger partial charge in [-0.15, -0.1) is 6.58 Å². The first-order chi connectivity index (χ1) is 11.3. The van der Waals surface area contributed by atoms with Crippen molar-refractivity contribution in [3.63, 3.8) is 0 Å². The molecule has 2 heterocycles. The first-order valence-corrected chi connectivity index (χ1v) is 9.37. The lowest BCUT2D eigenvalue weighted by molar-refractivity contribution is -0.148. The molecule has 0 unspecified atom stereocenters. The smallest absolute Gasteiger partial charge is 0.312 e. The number of aryl methyl sites for hydroxylation is 1. The van der Waals surface area contributed by atoms with Gasteiger partial charge in [0.2, 0.25) is 10.0 Å². The predicted octanol–water partition coefficient (Wildman–Crippen LogP) is 1.19. The van der Waals surface area contributed by atoms with Crippen LogP contribution in [0.4, 0.5) is 0 Å². The number of carbonyl (C=O) groups is 1. The lowest BCUT2D eigenvalue weighted by atomic mass is 9.81. The van der Waals surface area contributed by atoms with Gasteiger partial charge in [0.05, 0.1) is 10.3 Å². The Balaban J connectivity index is 1.89. The van der Waals surface area contributed by atoms with E-state index in [9.17, 15) is 18.3 Å². The minimum absolute atomic E-state index is 0.0247. The van der Waals surface area contributed by atoms with Crippen LogP contribution in [0.5, 0.6) is 0 Å². The normalized spacial score (nSPS) is 28.0. The highest BCUT2D eigenvalue weighted by Gasteiger charge is 2.59. The summed E-state index contributed by atoms with van der Waals surface area (Å²) in [6.45, 7) is 7.36. The zero-order valence-electron chi connectivity index (χ0n) is 13.7. The van der Waals surface area contributed by atoms with Gasteiger partial charge in [-0.05, 0) is 24.6 Å². The number of sulfonamides is 1. The van der Waals surface area contributed by atoms with Gasteiger partial charge in [0.15, 0.2) is 0 Å². The molecule has 0 spiro atoms. The Kier molecular flexibility index (Phi) is 4.27. The van der Waals surface area contributed by atoms with Crippen LogP contribution in [0.15, 0.2) is 41.8 Å². The minimum atomic E-state index is -3.67. The van der Waals surface area contributed by atoms with Crippen LogP contribution in [0.25, 0.3) is 0 Å². The molecule has 3 rings (SSSR count). The van der Waals surface area contributed by atoms with E-state index in [0.717, 1.165) is 5.56 Å². The molecule has 2 saturated heterocycles. The van der Waals surface area contributed by atoms with Crippen LogP contribution < -0.4 is 0 Å². The van der Waals surface area contributed by atoms with Gasteiger partial charge in [0.25, 0.3) is 0 Å². The van der Waals surface area contributed by atoms with Gasteiger partial charge in [-0.25, -0.2) is 8.42 Å². The van der Waals surface area contributed by atoms with Gasteiger partial charge < -0.3 is 5.11 Å². The third-order valence-corrected chi connectivity index (χ3v) is 6.90. The number of aliphatic carboxylic acids is 1. The fraction of sp³-hybridized carbons (Fsp3) is 0.471. The number of carboxylic acids is 1. The Morgan fingerprint density at radius 1 is 1.42 bits per heavy atom. The van der Waals surface area contributed by atoms with E-state index in [1.165, 1.54) is 4.31 Å². The Morgan fingerprint density at radius 3 is 2.75 bits per heavy atom. The topological polar surface area (TPSA) is 77.9 Å². The number of nitrogens with zero attached hydrogens (tertiary/aromatic N) is 2. The maximum Gasteiger partial charge on any atom is 0.312 e. The lowest BCUT2D eigenvalue weighted by Gasteiger charge is -2.25. The zero-order valence-corrected chi connectivity index (χ0v) is 14.5. The molecule has 1 aromatic carbocycles. The van der Waals surface area contributed by atoms with Crippen LogP contribution in [0.3, 0.4) is 0 Å². The first-order valence-electron chi connectivity index (χ1n) is 7.93. The molecule has 0 amide bonds. The second-order valence-corrected chi connectivity index (χ2v) is 8.69. The number of hydrogen-bond acceptors (Lipinski definition) is 4. The van der Waals surface area contributed by atoms with Crippen molar-refractivity contribution in [3.8, 4) is 0 Å². The number of hydrogen-bond donors (Lipinski definition) is 1. The van der Waals surface area contributed by atoms with Gasteiger partial charge in [-0.1, -0.05) is 18.2 Å². The molecule has 0 saturated carbocycles. The van der Waals surface area contributed by atoms with Crippen molar-refractivity contribution in [3.05, 3.63) is 42.5 Å². The quantitative estimate of drug-likeness (QED) is 0.807. The maximum absolute atomic E-state index is 12.9. The van der Waals surface area contributed by atoms with E-state index < -0.39 is 21.4 Å². The van der Waals surface area contributed by atoms with E-state index in [0.29, 0.717) is 19.6 Å². The molecule has 2 aliphatic rings. The van der Waals surface area contributed by atoms with Crippen molar-refractivity contribution in [2.45, 2.75) is 11.8 Å². The Labute approximate surface area is 142 Å². The van der Waals surface area contributed by atoms with E-state index >= 15 is 0 Å². The molecule has 130 valence electrons. The molecule has 7 heteroatoms. The zero-order chi connectivity index (χ0) is 17.5. The van der Waals surface area contributed by atoms with Crippen LogP contribution in [-0.4, -0.2) is 61.4 Å². The Hall–Kier alpha value is -1.70. The molecule has 24 heavy (non-hydrogen) atoms. The third kappa shape index (κ3) is 2.66. The van der Waals surface area contributed by atoms with Gasteiger partial charge in [0.1, 0.15) is 0 Å². The van der Waals surface area contributed by atoms with E-state index in [1.807, 2.05) is 17.9 Å². The minimum Gasteiger partial charge on any atom is -0.481 e. The fourth-order valence-electron chi connectivity index (χ4n) is 3.86. The average molecular weight is 350 g/mol. The van der Waals surface area contributed by atoms with Crippen LogP contribution in [0.1, 0.15) is 5.56 Å². The van der Waals surface area contributed by atoms with Gasteiger partial charge in [-0.2, -0.15) is 4.31 Å². The Morgan fingerprint density at radius 2 is 2.17 bits per heavy atom. The first kappa shape index (κ1) is 17.1. The van der Waals surface area contributed by atoms with Crippen LogP contribution >= 0.6 is 0 Å². The summed E-state index contributed by atoms with van der Waals surface area (Å²) in [5.41, 5.74) is -0.166. The maximum atomic E-state index is 12.9. The molecule has 2 aliphatic heterocycles. The summed E-state index contributed by atoms with van der Waals surface area (Å²) < 4.78 is 27.1. The molecule has 1 N–H and O–H groups in total. The molecule has 0 aromatic heterocycles. The highest BCUT2D eigenvalue weighted by molar-refractivity contribution is 7.89.